The van der Waals surface area contributed by atoms with Crippen LogP contribution in [0.15, 0.2) is 30.3 Å². The zero-order valence-electron chi connectivity index (χ0n) is 10.1. The monoisotopic (exact) mass is 237 g/mol. The number of unbranched alkanes of at least 4 members (excludes halogenated alkanes) is 2. The zero-order valence-corrected chi connectivity index (χ0v) is 12.1. The molecule has 0 aliphatic carbocycles. The van der Waals surface area contributed by atoms with Crippen molar-refractivity contribution in [3.05, 3.63) is 35.9 Å². The summed E-state index contributed by atoms with van der Waals surface area (Å²) in [5.74, 6) is 0. The van der Waals surface area contributed by atoms with Crippen LogP contribution in [-0.2, 0) is 6.54 Å². The second-order valence-electron chi connectivity index (χ2n) is 3.90. The lowest BCUT2D eigenvalue weighted by molar-refractivity contribution is 0.566. The highest BCUT2D eigenvalue weighted by Crippen LogP contribution is 1.98. The first-order valence-corrected chi connectivity index (χ1v) is 7.07. The quantitative estimate of drug-likeness (QED) is 0.329. The van der Waals surface area contributed by atoms with E-state index in [0.717, 1.165) is 30.0 Å². The van der Waals surface area contributed by atoms with Gasteiger partial charge in [0.05, 0.1) is 10.4 Å². The van der Waals surface area contributed by atoms with Gasteiger partial charge in [-0.3, -0.25) is 10.5 Å². The fraction of sp³-hybridized carbons (Fsp3) is 0.500. The minimum Gasteiger partial charge on any atom is -0.313 e. The highest BCUT2D eigenvalue weighted by molar-refractivity contribution is 6.03. The summed E-state index contributed by atoms with van der Waals surface area (Å²) >= 11 is 0. The maximum atomic E-state index is 3.46. The Hall–Kier alpha value is -0.683. The molecule has 3 nitrogen and oxygen atoms in total. The van der Waals surface area contributed by atoms with Crippen LogP contribution in [0.25, 0.3) is 0 Å². The third-order valence-electron chi connectivity index (χ3n) is 2.50. The molecule has 1 aromatic carbocycles. The Morgan fingerprint density at radius 3 is 2.44 bits per heavy atom. The Kier molecular flexibility index (Phi) is 7.98. The van der Waals surface area contributed by atoms with Gasteiger partial charge in [-0.05, 0) is 24.9 Å². The molecule has 0 bridgehead atoms. The maximum absolute atomic E-state index is 3.46. The highest BCUT2D eigenvalue weighted by atomic mass is 28.2. The van der Waals surface area contributed by atoms with Gasteiger partial charge in [-0.25, -0.2) is 0 Å². The van der Waals surface area contributed by atoms with Gasteiger partial charge in [0.25, 0.3) is 0 Å². The molecule has 0 fully saturated rings. The summed E-state index contributed by atoms with van der Waals surface area (Å²) in [7, 11) is 1.02. The van der Waals surface area contributed by atoms with Crippen LogP contribution in [0.5, 0.6) is 0 Å². The van der Waals surface area contributed by atoms with E-state index in [1.165, 1.54) is 24.8 Å². The Morgan fingerprint density at radius 2 is 1.69 bits per heavy atom. The van der Waals surface area contributed by atoms with Crippen LogP contribution in [0.2, 0.25) is 0 Å². The van der Waals surface area contributed by atoms with Gasteiger partial charge >= 0.3 is 0 Å². The lowest BCUT2D eigenvalue weighted by Crippen LogP contribution is -2.29. The maximum Gasteiger partial charge on any atom is 0.0942 e. The second-order valence-corrected chi connectivity index (χ2v) is 4.40. The summed E-state index contributed by atoms with van der Waals surface area (Å²) in [5.41, 5.74) is 4.52. The minimum absolute atomic E-state index is 0.987. The van der Waals surface area contributed by atoms with Crippen molar-refractivity contribution in [1.82, 2.24) is 15.8 Å². The predicted octanol–water partition coefficient (Wildman–Crippen LogP) is 0.321. The van der Waals surface area contributed by atoms with Gasteiger partial charge in [-0.2, -0.15) is 0 Å². The van der Waals surface area contributed by atoms with E-state index in [9.17, 15) is 0 Å². The normalized spacial score (nSPS) is 10.8. The van der Waals surface area contributed by atoms with Gasteiger partial charge in [0.15, 0.2) is 0 Å². The molecule has 0 atom stereocenters. The topological polar surface area (TPSA) is 36.1 Å². The van der Waals surface area contributed by atoms with Crippen LogP contribution in [0.1, 0.15) is 24.8 Å². The first-order valence-electron chi connectivity index (χ1n) is 6.07. The van der Waals surface area contributed by atoms with Crippen molar-refractivity contribution in [2.75, 3.05) is 13.1 Å². The highest BCUT2D eigenvalue weighted by Gasteiger charge is 1.91. The molecule has 0 spiro atoms. The van der Waals surface area contributed by atoms with Gasteiger partial charge in [0.1, 0.15) is 0 Å². The molecule has 0 unspecified atom stereocenters. The van der Waals surface area contributed by atoms with E-state index in [4.69, 9.17) is 0 Å². The average Bonchev–Trinajstić information content (AvgIpc) is 2.34. The number of rotatable bonds is 9. The molecule has 90 valence electrons. The minimum atomic E-state index is 0.987. The number of hydrogen-bond acceptors (Lipinski definition) is 3. The molecule has 0 aromatic heterocycles. The molecule has 0 amide bonds. The van der Waals surface area contributed by atoms with Gasteiger partial charge in [0.2, 0.25) is 0 Å². The Labute approximate surface area is 101 Å². The number of hydrazine groups is 1. The summed E-state index contributed by atoms with van der Waals surface area (Å²) < 4.78 is 0. The molecule has 1 rings (SSSR count). The van der Waals surface area contributed by atoms with Gasteiger partial charge < -0.3 is 5.32 Å². The average molecular weight is 237 g/mol. The first kappa shape index (κ1) is 13.4. The van der Waals surface area contributed by atoms with Crippen molar-refractivity contribution in [1.29, 1.82) is 0 Å². The lowest BCUT2D eigenvalue weighted by Gasteiger charge is -2.05. The SMILES string of the molecule is [SiH3]NNCCCCCNCc1ccccc1. The van der Waals surface area contributed by atoms with Crippen LogP contribution in [-0.4, -0.2) is 23.5 Å². The summed E-state index contributed by atoms with van der Waals surface area (Å²) in [4.78, 5) is 0. The molecule has 0 saturated heterocycles. The predicted molar refractivity (Wildman–Crippen MR) is 73.1 cm³/mol. The van der Waals surface area contributed by atoms with Crippen molar-refractivity contribution in [2.45, 2.75) is 25.8 Å². The molecule has 4 heteroatoms. The fourth-order valence-corrected chi connectivity index (χ4v) is 1.84. The Bertz CT molecular complexity index is 254. The number of benzene rings is 1. The van der Waals surface area contributed by atoms with E-state index in [-0.39, 0.29) is 0 Å². The van der Waals surface area contributed by atoms with Crippen molar-refractivity contribution in [3.8, 4) is 0 Å². The standard InChI is InChI=1S/C12H23N3Si/c16-15-14-10-6-2-5-9-13-11-12-7-3-1-4-8-12/h1,3-4,7-8,13-15H,2,5-6,9-11H2,16H3. The molecule has 1 aromatic rings. The third-order valence-corrected chi connectivity index (χ3v) is 2.86. The Balaban J connectivity index is 1.89. The van der Waals surface area contributed by atoms with E-state index >= 15 is 0 Å². The molecule has 0 radical (unpaired) electrons. The lowest BCUT2D eigenvalue weighted by atomic mass is 10.2. The van der Waals surface area contributed by atoms with Crippen molar-refractivity contribution in [2.24, 2.45) is 0 Å². The van der Waals surface area contributed by atoms with E-state index in [2.05, 4.69) is 46.2 Å². The molecular weight excluding hydrogens is 214 g/mol. The van der Waals surface area contributed by atoms with Crippen LogP contribution in [0, 0.1) is 0 Å². The summed E-state index contributed by atoms with van der Waals surface area (Å²) in [6.07, 6.45) is 3.80. The van der Waals surface area contributed by atoms with E-state index in [1.807, 2.05) is 0 Å². The van der Waals surface area contributed by atoms with Gasteiger partial charge in [-0.1, -0.05) is 36.8 Å². The second kappa shape index (κ2) is 9.54. The van der Waals surface area contributed by atoms with Crippen molar-refractivity contribution >= 4 is 10.4 Å². The molecule has 0 heterocycles. The van der Waals surface area contributed by atoms with Crippen molar-refractivity contribution < 1.29 is 0 Å². The Morgan fingerprint density at radius 1 is 0.938 bits per heavy atom. The number of hydrogen-bond donors (Lipinski definition) is 3. The van der Waals surface area contributed by atoms with Crippen molar-refractivity contribution in [3.63, 3.8) is 0 Å². The summed E-state index contributed by atoms with van der Waals surface area (Å²) in [6.45, 7) is 3.19. The largest absolute Gasteiger partial charge is 0.313 e. The van der Waals surface area contributed by atoms with Crippen LogP contribution < -0.4 is 15.8 Å². The third kappa shape index (κ3) is 6.74. The number of nitrogens with one attached hydrogen (secondary N) is 3. The zero-order chi connectivity index (χ0) is 11.5. The molecule has 0 saturated carbocycles. The molecule has 3 N–H and O–H groups in total. The first-order chi connectivity index (χ1) is 7.93. The van der Waals surface area contributed by atoms with Gasteiger partial charge in [-0.15, -0.1) is 0 Å². The molecule has 16 heavy (non-hydrogen) atoms. The molecular formula is C12H23N3Si. The fourth-order valence-electron chi connectivity index (χ4n) is 1.59. The van der Waals surface area contributed by atoms with E-state index < -0.39 is 0 Å². The van der Waals surface area contributed by atoms with E-state index in [1.54, 1.807) is 0 Å². The van der Waals surface area contributed by atoms with Crippen LogP contribution in [0.3, 0.4) is 0 Å². The van der Waals surface area contributed by atoms with Crippen LogP contribution in [0.4, 0.5) is 0 Å². The molecule has 0 aliphatic heterocycles. The van der Waals surface area contributed by atoms with E-state index in [0.29, 0.717) is 0 Å². The summed E-state index contributed by atoms with van der Waals surface area (Å²) in [5, 5.41) is 6.53. The summed E-state index contributed by atoms with van der Waals surface area (Å²) in [6, 6.07) is 10.6. The smallest absolute Gasteiger partial charge is 0.0942 e. The van der Waals surface area contributed by atoms with Crippen LogP contribution >= 0.6 is 0 Å². The van der Waals surface area contributed by atoms with Gasteiger partial charge in [0, 0.05) is 13.1 Å². The molecule has 0 aliphatic rings.